The third-order valence-corrected chi connectivity index (χ3v) is 9.06. The number of phenols is 2. The number of carbonyl (C=O) groups excluding carboxylic acids is 1. The summed E-state index contributed by atoms with van der Waals surface area (Å²) in [7, 11) is -4.16. The number of sulfonamides is 1. The Balaban J connectivity index is 0.000000676. The second-order valence-corrected chi connectivity index (χ2v) is 12.6. The molecule has 1 fully saturated rings. The highest BCUT2D eigenvalue weighted by molar-refractivity contribution is 7.94. The van der Waals surface area contributed by atoms with Crippen LogP contribution in [-0.4, -0.2) is 86.2 Å². The lowest BCUT2D eigenvalue weighted by Gasteiger charge is -2.26. The van der Waals surface area contributed by atoms with Crippen LogP contribution in [0.15, 0.2) is 46.7 Å². The number of carbonyl (C=O) groups is 2. The van der Waals surface area contributed by atoms with Gasteiger partial charge in [-0.3, -0.25) is 9.62 Å². The molecule has 0 unspecified atom stereocenters. The second-order valence-electron chi connectivity index (χ2n) is 9.00. The summed E-state index contributed by atoms with van der Waals surface area (Å²) in [6, 6.07) is 8.14. The number of carboxylic acid groups (broad SMARTS) is 1. The first-order valence-electron chi connectivity index (χ1n) is 12.5. The number of esters is 1. The monoisotopic (exact) mass is 684 g/mol. The molecule has 0 spiro atoms. The number of aromatic hydroxyl groups is 2. The summed E-state index contributed by atoms with van der Waals surface area (Å²) >= 11 is 6.90. The van der Waals surface area contributed by atoms with Gasteiger partial charge in [-0.2, -0.15) is 13.2 Å². The third kappa shape index (κ3) is 9.68. The smallest absolute Gasteiger partial charge is 0.490 e. The molecule has 0 aliphatic carbocycles. The topological polar surface area (TPSA) is 163 Å². The first-order chi connectivity index (χ1) is 20.6. The predicted molar refractivity (Wildman–Crippen MR) is 151 cm³/mol. The third-order valence-electron chi connectivity index (χ3n) is 5.85. The zero-order valence-electron chi connectivity index (χ0n) is 22.4. The standard InChI is InChI=1S/C24H24ClFN2O7S2.C2HF3O2/c25-23-19(18-12-15(26)2-5-20(18)29)14-22(36-23)37(32,33)27-16-3-4-17(21(30)13-16)24(31)35-9-1-6-28-7-10-34-11-8-28;3-2(4,5)1(6)7/h2-5,12-14,27,29-30H,1,6-11H2;(H,6,7). The number of alkyl halides is 3. The molecule has 2 aromatic carbocycles. The van der Waals surface area contributed by atoms with Crippen LogP contribution in [0.1, 0.15) is 16.8 Å². The quantitative estimate of drug-likeness (QED) is 0.138. The van der Waals surface area contributed by atoms with E-state index in [2.05, 4.69) is 9.62 Å². The molecule has 0 radical (unpaired) electrons. The fourth-order valence-electron chi connectivity index (χ4n) is 3.72. The van der Waals surface area contributed by atoms with Crippen LogP contribution >= 0.6 is 22.9 Å². The molecule has 0 bridgehead atoms. The lowest BCUT2D eigenvalue weighted by atomic mass is 10.1. The van der Waals surface area contributed by atoms with Crippen LogP contribution in [0.5, 0.6) is 11.5 Å². The maximum atomic E-state index is 13.6. The fourth-order valence-corrected chi connectivity index (χ4v) is 6.52. The fraction of sp³-hybridized carbons (Fsp3) is 0.308. The van der Waals surface area contributed by atoms with Gasteiger partial charge >= 0.3 is 18.1 Å². The number of aliphatic carboxylic acids is 1. The normalized spacial score (nSPS) is 13.9. The molecule has 1 saturated heterocycles. The first kappa shape index (κ1) is 34.8. The summed E-state index contributed by atoms with van der Waals surface area (Å²) < 4.78 is 83.9. The second kappa shape index (κ2) is 14.9. The van der Waals surface area contributed by atoms with E-state index in [0.717, 1.165) is 55.2 Å². The van der Waals surface area contributed by atoms with E-state index in [0.29, 0.717) is 19.6 Å². The van der Waals surface area contributed by atoms with Crippen molar-refractivity contribution in [1.82, 2.24) is 4.90 Å². The minimum absolute atomic E-state index is 0.000965. The molecule has 44 heavy (non-hydrogen) atoms. The Hall–Kier alpha value is -3.64. The Morgan fingerprint density at radius 1 is 1.05 bits per heavy atom. The number of hydrogen-bond donors (Lipinski definition) is 4. The van der Waals surface area contributed by atoms with Crippen LogP contribution in [0.2, 0.25) is 4.34 Å². The first-order valence-corrected chi connectivity index (χ1v) is 15.2. The van der Waals surface area contributed by atoms with E-state index in [1.54, 1.807) is 0 Å². The Kier molecular flexibility index (Phi) is 11.8. The zero-order chi connectivity index (χ0) is 32.7. The molecular weight excluding hydrogens is 660 g/mol. The van der Waals surface area contributed by atoms with Crippen molar-refractivity contribution in [1.29, 1.82) is 0 Å². The van der Waals surface area contributed by atoms with E-state index in [4.69, 9.17) is 31.0 Å². The number of benzene rings is 2. The number of rotatable bonds is 9. The molecule has 0 amide bonds. The summed E-state index contributed by atoms with van der Waals surface area (Å²) in [5.74, 6) is -4.81. The Morgan fingerprint density at radius 2 is 1.70 bits per heavy atom. The molecule has 18 heteroatoms. The van der Waals surface area contributed by atoms with Crippen molar-refractivity contribution >= 4 is 50.6 Å². The number of halogens is 5. The summed E-state index contributed by atoms with van der Waals surface area (Å²) in [5.41, 5.74) is 0.102. The SMILES string of the molecule is O=C(O)C(F)(F)F.O=C(OCCCN1CCOCC1)c1ccc(NS(=O)(=O)c2cc(-c3cc(F)ccc3O)c(Cl)s2)cc1O. The average Bonchev–Trinajstić information content (AvgIpc) is 3.35. The molecular formula is C26H25ClF4N2O9S2. The van der Waals surface area contributed by atoms with Crippen molar-refractivity contribution in [3.63, 3.8) is 0 Å². The summed E-state index contributed by atoms with van der Waals surface area (Å²) in [4.78, 5) is 23.5. The molecule has 3 aromatic rings. The number of hydrogen-bond acceptors (Lipinski definition) is 10. The molecule has 2 heterocycles. The molecule has 0 atom stereocenters. The van der Waals surface area contributed by atoms with Gasteiger partial charge in [0, 0.05) is 36.8 Å². The van der Waals surface area contributed by atoms with Crippen molar-refractivity contribution in [2.75, 3.05) is 44.2 Å². The minimum atomic E-state index is -5.08. The van der Waals surface area contributed by atoms with Crippen molar-refractivity contribution < 1.29 is 60.4 Å². The number of carboxylic acids is 1. The van der Waals surface area contributed by atoms with Crippen LogP contribution in [0.4, 0.5) is 23.2 Å². The van der Waals surface area contributed by atoms with E-state index in [-0.39, 0.29) is 43.3 Å². The highest BCUT2D eigenvalue weighted by atomic mass is 35.5. The molecule has 0 saturated carbocycles. The average molecular weight is 685 g/mol. The van der Waals surface area contributed by atoms with E-state index in [9.17, 15) is 41.0 Å². The van der Waals surface area contributed by atoms with Gasteiger partial charge in [-0.1, -0.05) is 11.6 Å². The van der Waals surface area contributed by atoms with Crippen molar-refractivity contribution in [2.24, 2.45) is 0 Å². The zero-order valence-corrected chi connectivity index (χ0v) is 24.8. The Bertz CT molecular complexity index is 1590. The summed E-state index contributed by atoms with van der Waals surface area (Å²) in [6.45, 7) is 3.96. The lowest BCUT2D eigenvalue weighted by Crippen LogP contribution is -2.37. The molecule has 11 nitrogen and oxygen atoms in total. The van der Waals surface area contributed by atoms with Gasteiger partial charge in [0.2, 0.25) is 0 Å². The molecule has 4 rings (SSSR count). The number of morpholine rings is 1. The van der Waals surface area contributed by atoms with Crippen molar-refractivity contribution in [2.45, 2.75) is 16.8 Å². The maximum absolute atomic E-state index is 13.6. The predicted octanol–water partition coefficient (Wildman–Crippen LogP) is 4.93. The van der Waals surface area contributed by atoms with Gasteiger partial charge in [0.1, 0.15) is 31.4 Å². The van der Waals surface area contributed by atoms with Crippen molar-refractivity contribution in [3.05, 3.63) is 58.2 Å². The van der Waals surface area contributed by atoms with Gasteiger partial charge in [-0.25, -0.2) is 22.4 Å². The highest BCUT2D eigenvalue weighted by Crippen LogP contribution is 2.42. The van der Waals surface area contributed by atoms with Crippen molar-refractivity contribution in [3.8, 4) is 22.6 Å². The highest BCUT2D eigenvalue weighted by Gasteiger charge is 2.38. The number of ether oxygens (including phenoxy) is 2. The van der Waals surface area contributed by atoms with Gasteiger partial charge in [0.25, 0.3) is 10.0 Å². The van der Waals surface area contributed by atoms with Crippen LogP contribution in [0.3, 0.4) is 0 Å². The maximum Gasteiger partial charge on any atom is 0.490 e. The molecule has 1 aliphatic rings. The van der Waals surface area contributed by atoms with E-state index >= 15 is 0 Å². The van der Waals surface area contributed by atoms with Crippen LogP contribution < -0.4 is 4.72 Å². The Labute approximate surface area is 257 Å². The Morgan fingerprint density at radius 3 is 2.32 bits per heavy atom. The number of phenolic OH excluding ortho intramolecular Hbond substituents is 2. The van der Waals surface area contributed by atoms with Gasteiger partial charge in [0.15, 0.2) is 0 Å². The molecule has 1 aromatic heterocycles. The van der Waals surface area contributed by atoms with Gasteiger partial charge in [-0.15, -0.1) is 11.3 Å². The van der Waals surface area contributed by atoms with Gasteiger partial charge < -0.3 is 24.8 Å². The van der Waals surface area contributed by atoms with Crippen LogP contribution in [0.25, 0.3) is 11.1 Å². The molecule has 1 aliphatic heterocycles. The van der Waals surface area contributed by atoms with E-state index in [1.165, 1.54) is 18.2 Å². The summed E-state index contributed by atoms with van der Waals surface area (Å²) in [5, 5.41) is 27.5. The number of nitrogens with one attached hydrogen (secondary N) is 1. The molecule has 240 valence electrons. The van der Waals surface area contributed by atoms with Gasteiger partial charge in [0.05, 0.1) is 25.5 Å². The lowest BCUT2D eigenvalue weighted by molar-refractivity contribution is -0.192. The number of thiophene rings is 1. The number of nitrogens with zero attached hydrogens (tertiary/aromatic N) is 1. The van der Waals surface area contributed by atoms with Crippen LogP contribution in [-0.2, 0) is 24.3 Å². The van der Waals surface area contributed by atoms with Gasteiger partial charge in [-0.05, 0) is 42.8 Å². The van der Waals surface area contributed by atoms with E-state index < -0.39 is 39.7 Å². The van der Waals surface area contributed by atoms with E-state index in [1.807, 2.05) is 0 Å². The number of anilines is 1. The largest absolute Gasteiger partial charge is 0.507 e. The minimum Gasteiger partial charge on any atom is -0.507 e. The molecule has 4 N–H and O–H groups in total. The summed E-state index contributed by atoms with van der Waals surface area (Å²) in [6.07, 6.45) is -4.46. The van der Waals surface area contributed by atoms with Crippen LogP contribution in [0, 0.1) is 5.82 Å².